The molecule has 0 aliphatic carbocycles. The van der Waals surface area contributed by atoms with E-state index in [9.17, 15) is 4.79 Å². The molecule has 0 aromatic carbocycles. The number of allylic oxidation sites excluding steroid dienone is 4. The zero-order valence-electron chi connectivity index (χ0n) is 12.0. The summed E-state index contributed by atoms with van der Waals surface area (Å²) >= 11 is 0. The van der Waals surface area contributed by atoms with E-state index in [0.717, 1.165) is 19.3 Å². The summed E-state index contributed by atoms with van der Waals surface area (Å²) in [6.07, 6.45) is 17.3. The molecular formula is C16H28O2. The molecule has 104 valence electrons. The van der Waals surface area contributed by atoms with Gasteiger partial charge in [-0.05, 0) is 39.0 Å². The van der Waals surface area contributed by atoms with E-state index in [1.54, 1.807) is 0 Å². The molecule has 0 unspecified atom stereocenters. The molecule has 0 heterocycles. The highest BCUT2D eigenvalue weighted by Gasteiger charge is 1.98. The second-order valence-electron chi connectivity index (χ2n) is 4.37. The monoisotopic (exact) mass is 252 g/mol. The third-order valence-corrected chi connectivity index (χ3v) is 2.64. The average molecular weight is 252 g/mol. The normalized spacial score (nSPS) is 11.4. The van der Waals surface area contributed by atoms with Gasteiger partial charge in [-0.1, -0.05) is 44.1 Å². The maximum Gasteiger partial charge on any atom is 0.305 e. The minimum Gasteiger partial charge on any atom is -0.466 e. The number of hydrogen-bond donors (Lipinski definition) is 0. The third kappa shape index (κ3) is 13.0. The van der Waals surface area contributed by atoms with Crippen LogP contribution < -0.4 is 0 Å². The molecule has 0 aliphatic heterocycles. The van der Waals surface area contributed by atoms with Gasteiger partial charge in [0.1, 0.15) is 0 Å². The van der Waals surface area contributed by atoms with Gasteiger partial charge in [-0.25, -0.2) is 0 Å². The van der Waals surface area contributed by atoms with Crippen molar-refractivity contribution in [2.24, 2.45) is 0 Å². The Labute approximate surface area is 112 Å². The SMILES string of the molecule is CCCCC/C=C\C/C=C/CCCC(=O)OCC. The molecule has 0 aromatic heterocycles. The number of carbonyl (C=O) groups is 1. The Bertz CT molecular complexity index is 241. The molecule has 0 saturated carbocycles. The fraction of sp³-hybridized carbons (Fsp3) is 0.688. The van der Waals surface area contributed by atoms with Crippen LogP contribution in [0.1, 0.15) is 65.2 Å². The van der Waals surface area contributed by atoms with E-state index in [1.165, 1.54) is 25.7 Å². The van der Waals surface area contributed by atoms with Crippen molar-refractivity contribution in [3.05, 3.63) is 24.3 Å². The van der Waals surface area contributed by atoms with E-state index in [0.29, 0.717) is 13.0 Å². The summed E-state index contributed by atoms with van der Waals surface area (Å²) in [5, 5.41) is 0. The van der Waals surface area contributed by atoms with Crippen molar-refractivity contribution in [2.45, 2.75) is 65.2 Å². The highest BCUT2D eigenvalue weighted by molar-refractivity contribution is 5.69. The van der Waals surface area contributed by atoms with Crippen molar-refractivity contribution in [1.29, 1.82) is 0 Å². The molecule has 0 fully saturated rings. The van der Waals surface area contributed by atoms with Crippen LogP contribution >= 0.6 is 0 Å². The van der Waals surface area contributed by atoms with Crippen LogP contribution in [-0.4, -0.2) is 12.6 Å². The molecular weight excluding hydrogens is 224 g/mol. The number of rotatable bonds is 11. The van der Waals surface area contributed by atoms with Crippen LogP contribution in [0.3, 0.4) is 0 Å². The lowest BCUT2D eigenvalue weighted by molar-refractivity contribution is -0.143. The molecule has 2 nitrogen and oxygen atoms in total. The van der Waals surface area contributed by atoms with Crippen LogP contribution in [0, 0.1) is 0 Å². The first-order chi connectivity index (χ1) is 8.81. The predicted molar refractivity (Wildman–Crippen MR) is 77.5 cm³/mol. The molecule has 18 heavy (non-hydrogen) atoms. The minimum atomic E-state index is -0.0817. The topological polar surface area (TPSA) is 26.3 Å². The predicted octanol–water partition coefficient (Wildman–Crippen LogP) is 4.80. The second-order valence-corrected chi connectivity index (χ2v) is 4.37. The molecule has 0 aromatic rings. The maximum absolute atomic E-state index is 11.0. The Morgan fingerprint density at radius 1 is 0.944 bits per heavy atom. The van der Waals surface area contributed by atoms with Crippen LogP contribution in [-0.2, 0) is 9.53 Å². The smallest absolute Gasteiger partial charge is 0.305 e. The first kappa shape index (κ1) is 16.9. The largest absolute Gasteiger partial charge is 0.466 e. The zero-order valence-corrected chi connectivity index (χ0v) is 12.0. The molecule has 0 amide bonds. The molecule has 0 atom stereocenters. The molecule has 0 saturated heterocycles. The lowest BCUT2D eigenvalue weighted by Crippen LogP contribution is -2.02. The maximum atomic E-state index is 11.0. The van der Waals surface area contributed by atoms with Crippen molar-refractivity contribution in [2.75, 3.05) is 6.61 Å². The summed E-state index contributed by atoms with van der Waals surface area (Å²) in [6, 6.07) is 0. The Morgan fingerprint density at radius 2 is 1.61 bits per heavy atom. The van der Waals surface area contributed by atoms with Crippen LogP contribution in [0.25, 0.3) is 0 Å². The average Bonchev–Trinajstić information content (AvgIpc) is 2.36. The standard InChI is InChI=1S/C16H28O2/c1-3-5-6-7-8-9-10-11-12-13-14-15-16(17)18-4-2/h8-9,11-12H,3-7,10,13-15H2,1-2H3/b9-8-,12-11+. The van der Waals surface area contributed by atoms with E-state index < -0.39 is 0 Å². The van der Waals surface area contributed by atoms with Gasteiger partial charge >= 0.3 is 5.97 Å². The number of hydrogen-bond acceptors (Lipinski definition) is 2. The van der Waals surface area contributed by atoms with Crippen LogP contribution in [0.2, 0.25) is 0 Å². The molecule has 0 spiro atoms. The Balaban J connectivity index is 3.30. The highest BCUT2D eigenvalue weighted by Crippen LogP contribution is 2.02. The Morgan fingerprint density at radius 3 is 2.22 bits per heavy atom. The second kappa shape index (κ2) is 14.0. The van der Waals surface area contributed by atoms with Gasteiger partial charge in [0.05, 0.1) is 6.61 Å². The number of carbonyl (C=O) groups excluding carboxylic acids is 1. The lowest BCUT2D eigenvalue weighted by atomic mass is 10.2. The van der Waals surface area contributed by atoms with Crippen molar-refractivity contribution < 1.29 is 9.53 Å². The van der Waals surface area contributed by atoms with E-state index >= 15 is 0 Å². The lowest BCUT2D eigenvalue weighted by Gasteiger charge is -1.98. The van der Waals surface area contributed by atoms with Gasteiger partial charge < -0.3 is 4.74 Å². The van der Waals surface area contributed by atoms with Crippen LogP contribution in [0.15, 0.2) is 24.3 Å². The Kier molecular flexibility index (Phi) is 13.2. The molecule has 0 radical (unpaired) electrons. The summed E-state index contributed by atoms with van der Waals surface area (Å²) in [5.74, 6) is -0.0817. The fourth-order valence-electron chi connectivity index (χ4n) is 1.62. The van der Waals surface area contributed by atoms with Gasteiger partial charge in [0.25, 0.3) is 0 Å². The van der Waals surface area contributed by atoms with Crippen LogP contribution in [0.5, 0.6) is 0 Å². The molecule has 0 rings (SSSR count). The van der Waals surface area contributed by atoms with Gasteiger partial charge in [-0.2, -0.15) is 0 Å². The van der Waals surface area contributed by atoms with Crippen molar-refractivity contribution >= 4 is 5.97 Å². The molecule has 0 bridgehead atoms. The molecule has 0 aliphatic rings. The van der Waals surface area contributed by atoms with E-state index in [2.05, 4.69) is 31.2 Å². The van der Waals surface area contributed by atoms with Crippen molar-refractivity contribution in [1.82, 2.24) is 0 Å². The summed E-state index contributed by atoms with van der Waals surface area (Å²) in [6.45, 7) is 4.55. The fourth-order valence-corrected chi connectivity index (χ4v) is 1.62. The van der Waals surface area contributed by atoms with Gasteiger partial charge in [0.15, 0.2) is 0 Å². The summed E-state index contributed by atoms with van der Waals surface area (Å²) in [4.78, 5) is 11.0. The minimum absolute atomic E-state index is 0.0817. The zero-order chi connectivity index (χ0) is 13.5. The van der Waals surface area contributed by atoms with Crippen molar-refractivity contribution in [3.63, 3.8) is 0 Å². The summed E-state index contributed by atoms with van der Waals surface area (Å²) < 4.78 is 4.86. The van der Waals surface area contributed by atoms with E-state index in [-0.39, 0.29) is 5.97 Å². The first-order valence-corrected chi connectivity index (χ1v) is 7.26. The van der Waals surface area contributed by atoms with Gasteiger partial charge in [0, 0.05) is 6.42 Å². The van der Waals surface area contributed by atoms with E-state index in [1.807, 2.05) is 6.92 Å². The summed E-state index contributed by atoms with van der Waals surface area (Å²) in [7, 11) is 0. The van der Waals surface area contributed by atoms with Gasteiger partial charge in [-0.3, -0.25) is 4.79 Å². The first-order valence-electron chi connectivity index (χ1n) is 7.26. The third-order valence-electron chi connectivity index (χ3n) is 2.64. The van der Waals surface area contributed by atoms with Gasteiger partial charge in [0.2, 0.25) is 0 Å². The number of unbranched alkanes of at least 4 members (excludes halogenated alkanes) is 4. The Hall–Kier alpha value is -1.05. The summed E-state index contributed by atoms with van der Waals surface area (Å²) in [5.41, 5.74) is 0. The highest BCUT2D eigenvalue weighted by atomic mass is 16.5. The van der Waals surface area contributed by atoms with Gasteiger partial charge in [-0.15, -0.1) is 0 Å². The molecule has 2 heteroatoms. The van der Waals surface area contributed by atoms with Crippen molar-refractivity contribution in [3.8, 4) is 0 Å². The van der Waals surface area contributed by atoms with E-state index in [4.69, 9.17) is 4.74 Å². The number of ether oxygens (including phenoxy) is 1. The quantitative estimate of drug-likeness (QED) is 0.300. The van der Waals surface area contributed by atoms with Crippen LogP contribution in [0.4, 0.5) is 0 Å². The number of esters is 1. The molecule has 0 N–H and O–H groups in total.